The van der Waals surface area contributed by atoms with Gasteiger partial charge in [-0.25, -0.2) is 9.59 Å². The van der Waals surface area contributed by atoms with Crippen LogP contribution < -0.4 is 16.0 Å². The van der Waals surface area contributed by atoms with Gasteiger partial charge in [-0.05, 0) is 51.1 Å². The molecule has 0 aliphatic heterocycles. The summed E-state index contributed by atoms with van der Waals surface area (Å²) in [5.41, 5.74) is 1.66. The summed E-state index contributed by atoms with van der Waals surface area (Å²) in [6, 6.07) is 6.12. The van der Waals surface area contributed by atoms with Crippen LogP contribution in [0.5, 0.6) is 0 Å². The van der Waals surface area contributed by atoms with Crippen LogP contribution in [0.15, 0.2) is 30.5 Å². The topological polar surface area (TPSA) is 148 Å². The molecule has 0 aliphatic rings. The van der Waals surface area contributed by atoms with Crippen molar-refractivity contribution in [2.45, 2.75) is 33.2 Å². The molecule has 2 rings (SSSR count). The minimum atomic E-state index is -1.22. The Kier molecular flexibility index (Phi) is 14.7. The number of amides is 1. The molecule has 2 aromatic rings. The molecule has 0 unspecified atom stereocenters. The van der Waals surface area contributed by atoms with E-state index in [1.807, 2.05) is 17.0 Å². The number of halogens is 1. The highest BCUT2D eigenvalue weighted by Gasteiger charge is 2.28. The van der Waals surface area contributed by atoms with Crippen molar-refractivity contribution in [1.29, 1.82) is 0 Å². The van der Waals surface area contributed by atoms with Gasteiger partial charge in [0.15, 0.2) is 0 Å². The van der Waals surface area contributed by atoms with E-state index in [4.69, 9.17) is 25.8 Å². The van der Waals surface area contributed by atoms with Crippen molar-refractivity contribution in [3.05, 3.63) is 35.5 Å². The first-order chi connectivity index (χ1) is 19.2. The lowest BCUT2D eigenvalue weighted by Crippen LogP contribution is -2.47. The Morgan fingerprint density at radius 1 is 0.975 bits per heavy atom. The number of hydrogen-bond donors (Lipinski definition) is 3. The summed E-state index contributed by atoms with van der Waals surface area (Å²) in [6.45, 7) is 7.08. The van der Waals surface area contributed by atoms with Gasteiger partial charge in [-0.15, -0.1) is 0 Å². The van der Waals surface area contributed by atoms with Crippen molar-refractivity contribution >= 4 is 52.0 Å². The second-order valence-corrected chi connectivity index (χ2v) is 9.09. The van der Waals surface area contributed by atoms with Crippen LogP contribution in [-0.2, 0) is 33.4 Å². The fourth-order valence-electron chi connectivity index (χ4n) is 3.79. The van der Waals surface area contributed by atoms with Gasteiger partial charge in [-0.1, -0.05) is 11.6 Å². The molecule has 220 valence electrons. The molecule has 13 heteroatoms. The minimum Gasteiger partial charge on any atom is -0.465 e. The second kappa shape index (κ2) is 18.0. The lowest BCUT2D eigenvalue weighted by Gasteiger charge is -2.22. The number of carbonyl (C=O) groups is 4. The summed E-state index contributed by atoms with van der Waals surface area (Å²) in [5.74, 6) is -2.01. The Morgan fingerprint density at radius 2 is 1.70 bits per heavy atom. The minimum absolute atomic E-state index is 0.0805. The van der Waals surface area contributed by atoms with E-state index in [-0.39, 0.29) is 32.3 Å². The summed E-state index contributed by atoms with van der Waals surface area (Å²) in [6.07, 6.45) is 2.19. The lowest BCUT2D eigenvalue weighted by molar-refractivity contribution is -0.158. The summed E-state index contributed by atoms with van der Waals surface area (Å²) < 4.78 is 14.9. The predicted molar refractivity (Wildman–Crippen MR) is 151 cm³/mol. The highest BCUT2D eigenvalue weighted by atomic mass is 35.5. The fourth-order valence-corrected chi connectivity index (χ4v) is 3.95. The maximum absolute atomic E-state index is 12.6. The molecule has 0 fully saturated rings. The van der Waals surface area contributed by atoms with Gasteiger partial charge in [0.2, 0.25) is 11.9 Å². The van der Waals surface area contributed by atoms with Crippen LogP contribution >= 0.6 is 11.6 Å². The quantitative estimate of drug-likeness (QED) is 0.103. The van der Waals surface area contributed by atoms with E-state index in [2.05, 4.69) is 20.9 Å². The lowest BCUT2D eigenvalue weighted by atomic mass is 10.2. The van der Waals surface area contributed by atoms with Gasteiger partial charge in [0.25, 0.3) is 0 Å². The van der Waals surface area contributed by atoms with Crippen LogP contribution in [0, 0.1) is 0 Å². The standard InChI is InChI=1S/C27H38ClN5O7/c1-4-38-26(36)25(27(37)39-5-2)32-10-6-14-33(15-16-40-19(3)34)18-24(35)31-13-12-30-22-9-11-29-23-17-20(28)7-8-21(22)23/h7-9,11,17,25,32H,4-6,10,12-16,18H2,1-3H3,(H,29,30)(H,31,35). The van der Waals surface area contributed by atoms with Gasteiger partial charge in [-0.2, -0.15) is 0 Å². The van der Waals surface area contributed by atoms with Crippen LogP contribution in [0.4, 0.5) is 5.69 Å². The Morgan fingerprint density at radius 3 is 2.38 bits per heavy atom. The number of nitrogens with one attached hydrogen (secondary N) is 3. The number of pyridine rings is 1. The number of fused-ring (bicyclic) bond motifs is 1. The molecule has 1 aromatic carbocycles. The Labute approximate surface area is 239 Å². The number of ether oxygens (including phenoxy) is 3. The van der Waals surface area contributed by atoms with Gasteiger partial charge in [0.05, 0.1) is 25.3 Å². The van der Waals surface area contributed by atoms with E-state index in [9.17, 15) is 19.2 Å². The zero-order chi connectivity index (χ0) is 29.3. The van der Waals surface area contributed by atoms with E-state index < -0.39 is 23.9 Å². The van der Waals surface area contributed by atoms with Crippen molar-refractivity contribution in [3.63, 3.8) is 0 Å². The highest BCUT2D eigenvalue weighted by Crippen LogP contribution is 2.24. The zero-order valence-corrected chi connectivity index (χ0v) is 23.9. The van der Waals surface area contributed by atoms with Crippen LogP contribution in [0.25, 0.3) is 10.9 Å². The summed E-state index contributed by atoms with van der Waals surface area (Å²) in [7, 11) is 0. The zero-order valence-electron chi connectivity index (χ0n) is 23.2. The number of nitrogens with zero attached hydrogens (tertiary/aromatic N) is 2. The Bertz CT molecular complexity index is 1120. The second-order valence-electron chi connectivity index (χ2n) is 8.66. The number of aromatic nitrogens is 1. The summed E-state index contributed by atoms with van der Waals surface area (Å²) in [5, 5.41) is 10.6. The van der Waals surface area contributed by atoms with Gasteiger partial charge < -0.3 is 24.8 Å². The molecule has 3 N–H and O–H groups in total. The van der Waals surface area contributed by atoms with Crippen molar-refractivity contribution < 1.29 is 33.4 Å². The number of esters is 3. The molecule has 1 aromatic heterocycles. The van der Waals surface area contributed by atoms with Gasteiger partial charge >= 0.3 is 17.9 Å². The first-order valence-electron chi connectivity index (χ1n) is 13.2. The molecular weight excluding hydrogens is 542 g/mol. The average Bonchev–Trinajstić information content (AvgIpc) is 2.90. The molecule has 0 atom stereocenters. The molecule has 12 nitrogen and oxygen atoms in total. The first-order valence-corrected chi connectivity index (χ1v) is 13.6. The molecule has 40 heavy (non-hydrogen) atoms. The molecular formula is C27H38ClN5O7. The molecule has 0 bridgehead atoms. The smallest absolute Gasteiger partial charge is 0.334 e. The van der Waals surface area contributed by atoms with E-state index in [0.717, 1.165) is 16.6 Å². The van der Waals surface area contributed by atoms with Gasteiger partial charge in [0.1, 0.15) is 6.61 Å². The molecule has 1 heterocycles. The van der Waals surface area contributed by atoms with Crippen molar-refractivity contribution in [3.8, 4) is 0 Å². The molecule has 0 spiro atoms. The van der Waals surface area contributed by atoms with E-state index in [1.54, 1.807) is 32.2 Å². The van der Waals surface area contributed by atoms with Crippen LogP contribution in [0.1, 0.15) is 27.2 Å². The number of rotatable bonds is 18. The van der Waals surface area contributed by atoms with Crippen molar-refractivity contribution in [2.24, 2.45) is 0 Å². The van der Waals surface area contributed by atoms with E-state index in [0.29, 0.717) is 44.2 Å². The monoisotopic (exact) mass is 579 g/mol. The number of anilines is 1. The predicted octanol–water partition coefficient (Wildman–Crippen LogP) is 1.76. The number of carbonyl (C=O) groups excluding carboxylic acids is 4. The van der Waals surface area contributed by atoms with E-state index in [1.165, 1.54) is 6.92 Å². The summed E-state index contributed by atoms with van der Waals surface area (Å²) in [4.78, 5) is 54.2. The highest BCUT2D eigenvalue weighted by molar-refractivity contribution is 6.31. The Balaban J connectivity index is 1.83. The fraction of sp³-hybridized carbons (Fsp3) is 0.519. The third kappa shape index (κ3) is 11.7. The molecule has 0 saturated heterocycles. The van der Waals surface area contributed by atoms with Crippen LogP contribution in [0.3, 0.4) is 0 Å². The van der Waals surface area contributed by atoms with Gasteiger partial charge in [-0.3, -0.25) is 24.8 Å². The van der Waals surface area contributed by atoms with Crippen LogP contribution in [0.2, 0.25) is 5.02 Å². The maximum Gasteiger partial charge on any atom is 0.334 e. The third-order valence-corrected chi connectivity index (χ3v) is 5.83. The SMILES string of the molecule is CCOC(=O)C(NCCCN(CCOC(C)=O)CC(=O)NCCNc1ccnc2cc(Cl)ccc12)C(=O)OCC. The van der Waals surface area contributed by atoms with Crippen LogP contribution in [-0.4, -0.2) is 98.8 Å². The average molecular weight is 580 g/mol. The Hall–Kier alpha value is -3.48. The molecule has 1 amide bonds. The molecule has 0 radical (unpaired) electrons. The summed E-state index contributed by atoms with van der Waals surface area (Å²) >= 11 is 6.05. The first kappa shape index (κ1) is 32.7. The van der Waals surface area contributed by atoms with Gasteiger partial charge in [0, 0.05) is 55.4 Å². The van der Waals surface area contributed by atoms with Crippen molar-refractivity contribution in [2.75, 3.05) is 64.4 Å². The molecule has 0 saturated carbocycles. The van der Waals surface area contributed by atoms with Crippen molar-refractivity contribution in [1.82, 2.24) is 20.5 Å². The maximum atomic E-state index is 12.6. The third-order valence-electron chi connectivity index (χ3n) is 5.59. The number of hydrogen-bond acceptors (Lipinski definition) is 11. The normalized spacial score (nSPS) is 10.9. The largest absolute Gasteiger partial charge is 0.465 e. The number of benzene rings is 1. The van der Waals surface area contributed by atoms with E-state index >= 15 is 0 Å². The molecule has 0 aliphatic carbocycles.